The van der Waals surface area contributed by atoms with Gasteiger partial charge in [-0.1, -0.05) is 60.7 Å². The Morgan fingerprint density at radius 2 is 0.456 bits per heavy atom. The maximum atomic E-state index is 12.3. The molecule has 0 bridgehead atoms. The largest absolute Gasteiger partial charge is 0.481 e. The third kappa shape index (κ3) is 26.3. The predicted molar refractivity (Wildman–Crippen MR) is 500 cm³/mol. The van der Waals surface area contributed by atoms with E-state index in [1.54, 1.807) is 183 Å². The number of benzene rings is 7. The van der Waals surface area contributed by atoms with Crippen molar-refractivity contribution >= 4 is 94.6 Å². The van der Waals surface area contributed by atoms with Crippen molar-refractivity contribution in [2.75, 3.05) is 65.7 Å². The summed E-state index contributed by atoms with van der Waals surface area (Å²) in [5.74, 6) is 33.2. The molecule has 30 nitrogen and oxygen atoms in total. The normalized spacial score (nSPS) is 13.6. The number of aliphatic hydroxyl groups excluding tert-OH is 5. The van der Waals surface area contributed by atoms with Gasteiger partial charge in [0.1, 0.15) is 0 Å². The van der Waals surface area contributed by atoms with Crippen LogP contribution < -0.4 is 0 Å². The second-order valence-electron chi connectivity index (χ2n) is 31.2. The number of hydrogen-bond acceptors (Lipinski definition) is 21. The lowest BCUT2D eigenvalue weighted by Crippen LogP contribution is -2.40. The molecule has 0 spiro atoms. The Hall–Kier alpha value is -15.8. The van der Waals surface area contributed by atoms with Gasteiger partial charge in [-0.2, -0.15) is 0 Å². The first-order valence-electron chi connectivity index (χ1n) is 43.9. The number of nitrogens with zero attached hydrogens (tertiary/aromatic N) is 7. The zero-order chi connectivity index (χ0) is 99.6. The van der Waals surface area contributed by atoms with Crippen LogP contribution in [0.15, 0.2) is 127 Å². The molecule has 0 saturated carbocycles. The molecule has 7 aromatic rings. The Morgan fingerprint density at radius 1 is 0.257 bits per heavy atom. The van der Waals surface area contributed by atoms with Gasteiger partial charge in [0.05, 0.1) is 103 Å². The first kappa shape index (κ1) is 106. The van der Waals surface area contributed by atoms with E-state index in [1.165, 1.54) is 26.5 Å². The molecule has 0 aliphatic carbocycles. The molecule has 30 heteroatoms. The maximum Gasteiger partial charge on any atom is 0.303 e. The van der Waals surface area contributed by atoms with Gasteiger partial charge in [-0.15, -0.1) is 41.4 Å². The molecule has 7 N–H and O–H groups in total. The molecular weight excluding hydrogens is 1740 g/mol. The van der Waals surface area contributed by atoms with Crippen LogP contribution in [0.3, 0.4) is 0 Å². The molecule has 14 rings (SSSR count). The number of carbonyl (C=O) groups excluding carboxylic acids is 14. The SMILES string of the molecule is CC#Cc1ccc2c(c1)C(=O)N(C(C)CO)C2=O.CC#Cc1ccc2c(c1)C(=O)N(CC(C)O)C2=O.CC#Cc1ccc2c(c1)C(=O)N(CCCC(=O)O)C2=O.CC#Cc1ccc2c(c1)C(=O)N(CCCCCC(=O)O)C2=O.CC#Cc1ccc2c(c1)C(=O)N(CCCCCCO)C2=O.CC#Cc1ccc2c(c1)C(=O)N(CCCCO)C2=O.CC#Cc1ccc2c(c1)C(=O)N(CCCO)C2=O. The van der Waals surface area contributed by atoms with E-state index in [0.717, 1.165) is 57.1 Å². The molecule has 7 aromatic carbocycles. The molecule has 7 aliphatic rings. The number of imide groups is 7. The van der Waals surface area contributed by atoms with Crippen molar-refractivity contribution in [3.8, 4) is 82.9 Å². The Labute approximate surface area is 788 Å². The van der Waals surface area contributed by atoms with E-state index in [0.29, 0.717) is 158 Å². The second kappa shape index (κ2) is 51.3. The van der Waals surface area contributed by atoms with Gasteiger partial charge in [0.2, 0.25) is 0 Å². The fourth-order valence-corrected chi connectivity index (χ4v) is 14.9. The van der Waals surface area contributed by atoms with Crippen LogP contribution in [0.1, 0.15) is 330 Å². The van der Waals surface area contributed by atoms with Gasteiger partial charge >= 0.3 is 11.9 Å². The molecule has 0 fully saturated rings. The number of carboxylic acids is 2. The first-order chi connectivity index (χ1) is 65.3. The van der Waals surface area contributed by atoms with Gasteiger partial charge in [-0.3, -0.25) is 111 Å². The van der Waals surface area contributed by atoms with Gasteiger partial charge in [0.15, 0.2) is 0 Å². The van der Waals surface area contributed by atoms with E-state index in [4.69, 9.17) is 30.6 Å². The monoisotopic (exact) mass is 1840 g/mol. The van der Waals surface area contributed by atoms with Gasteiger partial charge in [0, 0.05) is 104 Å². The maximum absolute atomic E-state index is 12.3. The summed E-state index contributed by atoms with van der Waals surface area (Å²) in [6, 6.07) is 34.5. The van der Waals surface area contributed by atoms with Crippen molar-refractivity contribution in [1.82, 2.24) is 34.3 Å². The zero-order valence-corrected chi connectivity index (χ0v) is 76.8. The van der Waals surface area contributed by atoms with Crippen LogP contribution >= 0.6 is 0 Å². The fourth-order valence-electron chi connectivity index (χ4n) is 14.9. The van der Waals surface area contributed by atoms with Crippen molar-refractivity contribution in [3.63, 3.8) is 0 Å². The summed E-state index contributed by atoms with van der Waals surface area (Å²) in [5, 5.41) is 61.7. The molecule has 7 heterocycles. The summed E-state index contributed by atoms with van der Waals surface area (Å²) >= 11 is 0. The Morgan fingerprint density at radius 3 is 0.713 bits per heavy atom. The highest BCUT2D eigenvalue weighted by Gasteiger charge is 2.43. The number of aliphatic carboxylic acids is 2. The van der Waals surface area contributed by atoms with Crippen molar-refractivity contribution in [2.45, 2.75) is 158 Å². The summed E-state index contributed by atoms with van der Waals surface area (Å²) in [6.07, 6.45) is 6.34. The average molecular weight is 1840 g/mol. The summed E-state index contributed by atoms with van der Waals surface area (Å²) in [7, 11) is 0. The van der Waals surface area contributed by atoms with Crippen molar-refractivity contribution < 1.29 is 112 Å². The van der Waals surface area contributed by atoms with Crippen LogP contribution in [-0.2, 0) is 9.59 Å². The minimum Gasteiger partial charge on any atom is -0.481 e. The molecule has 7 aliphatic heterocycles. The molecule has 136 heavy (non-hydrogen) atoms. The Balaban J connectivity index is 0.000000195. The zero-order valence-electron chi connectivity index (χ0n) is 76.8. The Kier molecular flexibility index (Phi) is 39.8. The van der Waals surface area contributed by atoms with Gasteiger partial charge in [0.25, 0.3) is 82.7 Å². The molecule has 0 radical (unpaired) electrons. The van der Waals surface area contributed by atoms with Crippen LogP contribution in [0.2, 0.25) is 0 Å². The standard InChI is InChI=1S/C17H17NO4.C17H19NO3.C15H13NO4.C15H15NO3.3C14H13NO3/c1-2-6-12-8-9-13-14(11-12)17(22)18(16(13)21)10-5-3-4-7-15(19)20;1-2-7-13-8-9-14-15(12-13)17(21)18(16(14)20)10-5-3-4-6-11-19;1-2-4-10-6-7-11-12(9-10)15(20)16(14(11)19)8-3-5-13(17)18;1-2-5-11-6-7-12-13(10-11)15(19)16(14(12)18)8-3-4-9-17;1-3-4-10-5-6-11-12(7-10)14(18)15(13(11)17)9(2)8-16;1-3-4-10-5-6-11-12(7-10)14(18)15(13(11)17)8-9(2)16;1-2-4-10-5-6-11-12(9-10)14(18)15(13(11)17)7-3-8-16/h8-9,11H,3-5,7,10H2,1H3,(H,19,20);8-9,12,19H,3-6,10-11H2,1H3;6-7,9H,3,5,8H2,1H3,(H,17,18);6-7,10,17H,3-4,8-9H2,1H3;2*5-7,9,16H,8H2,1-2H3;5-6,9,16H,3,7-8H2,1H3. The van der Waals surface area contributed by atoms with Gasteiger partial charge in [-0.25, -0.2) is 0 Å². The third-order valence-electron chi connectivity index (χ3n) is 21.4. The topological polar surface area (TPSA) is 437 Å². The number of carboxylic acid groups (broad SMARTS) is 2. The van der Waals surface area contributed by atoms with E-state index < -0.39 is 24.1 Å². The average Bonchev–Trinajstić information content (AvgIpc) is 1.62. The van der Waals surface area contributed by atoms with E-state index in [2.05, 4.69) is 82.9 Å². The lowest BCUT2D eigenvalue weighted by Gasteiger charge is -2.19. The lowest BCUT2D eigenvalue weighted by atomic mass is 10.1. The molecule has 14 amide bonds. The highest BCUT2D eigenvalue weighted by atomic mass is 16.4. The van der Waals surface area contributed by atoms with E-state index in [-0.39, 0.29) is 148 Å². The quantitative estimate of drug-likeness (QED) is 0.0143. The molecule has 0 saturated heterocycles. The summed E-state index contributed by atoms with van der Waals surface area (Å²) < 4.78 is 0. The number of fused-ring (bicyclic) bond motifs is 7. The number of carbonyl (C=O) groups is 16. The van der Waals surface area contributed by atoms with Crippen LogP contribution in [-0.4, -0.2) is 243 Å². The molecule has 2 unspecified atom stereocenters. The number of hydrogen-bond donors (Lipinski definition) is 7. The van der Waals surface area contributed by atoms with E-state index >= 15 is 0 Å². The molecule has 0 aromatic heterocycles. The molecule has 2 atom stereocenters. The Bertz CT molecular complexity index is 6390. The van der Waals surface area contributed by atoms with Crippen LogP contribution in [0.5, 0.6) is 0 Å². The van der Waals surface area contributed by atoms with Crippen LogP contribution in [0.4, 0.5) is 0 Å². The highest BCUT2D eigenvalue weighted by Crippen LogP contribution is 2.32. The van der Waals surface area contributed by atoms with Gasteiger partial charge in [-0.05, 0) is 241 Å². The van der Waals surface area contributed by atoms with Gasteiger partial charge < -0.3 is 35.7 Å². The van der Waals surface area contributed by atoms with Crippen LogP contribution in [0.25, 0.3) is 0 Å². The smallest absolute Gasteiger partial charge is 0.303 e. The summed E-state index contributed by atoms with van der Waals surface area (Å²) in [4.78, 5) is 199. The third-order valence-corrected chi connectivity index (χ3v) is 21.4. The van der Waals surface area contributed by atoms with Crippen molar-refractivity contribution in [1.29, 1.82) is 0 Å². The lowest BCUT2D eigenvalue weighted by molar-refractivity contribution is -0.138. The predicted octanol–water partition coefficient (Wildman–Crippen LogP) is 10.6. The molecular formula is C106H103N7O23. The number of aliphatic hydroxyl groups is 5. The molecule has 700 valence electrons. The second-order valence-corrected chi connectivity index (χ2v) is 31.2. The number of amides is 14. The fraction of sp³-hybridized carbons (Fsp3) is 0.321. The van der Waals surface area contributed by atoms with E-state index in [9.17, 15) is 81.8 Å². The summed E-state index contributed by atoms with van der Waals surface area (Å²) in [6.45, 7) is 16.6. The number of rotatable bonds is 27. The number of β-amino-alcohol motifs (C(OH)–C–C–N with tert-alkyl or cyclic N) is 1. The highest BCUT2D eigenvalue weighted by molar-refractivity contribution is 6.26. The summed E-state index contributed by atoms with van der Waals surface area (Å²) in [5.41, 5.74) is 10.6. The van der Waals surface area contributed by atoms with Crippen molar-refractivity contribution in [2.24, 2.45) is 0 Å². The minimum atomic E-state index is -0.942. The van der Waals surface area contributed by atoms with E-state index in [1.807, 2.05) is 0 Å². The first-order valence-corrected chi connectivity index (χ1v) is 43.9. The van der Waals surface area contributed by atoms with Crippen molar-refractivity contribution in [3.05, 3.63) is 244 Å². The van der Waals surface area contributed by atoms with Crippen LogP contribution in [0, 0.1) is 82.9 Å². The number of unbranched alkanes of at least 4 members (excludes halogenated alkanes) is 6. The minimum absolute atomic E-state index is 0.0150.